The van der Waals surface area contributed by atoms with Crippen LogP contribution < -0.4 is 10.6 Å². The minimum Gasteiger partial charge on any atom is -0.352 e. The van der Waals surface area contributed by atoms with Crippen LogP contribution in [0, 0.1) is 5.82 Å². The van der Waals surface area contributed by atoms with E-state index in [2.05, 4.69) is 10.6 Å². The van der Waals surface area contributed by atoms with Crippen molar-refractivity contribution in [2.75, 3.05) is 5.32 Å². The van der Waals surface area contributed by atoms with Crippen LogP contribution in [-0.4, -0.2) is 11.8 Å². The zero-order valence-electron chi connectivity index (χ0n) is 13.7. The van der Waals surface area contributed by atoms with Gasteiger partial charge in [0, 0.05) is 12.2 Å². The minimum absolute atomic E-state index is 0.0185. The number of carbonyl (C=O) groups is 2. The molecule has 1 aliphatic heterocycles. The number of hydrogen-bond donors (Lipinski definition) is 2. The van der Waals surface area contributed by atoms with Crippen molar-refractivity contribution in [2.24, 2.45) is 0 Å². The van der Waals surface area contributed by atoms with E-state index in [1.165, 1.54) is 12.1 Å². The van der Waals surface area contributed by atoms with E-state index in [1.807, 2.05) is 32.0 Å². The number of anilines is 1. The molecule has 2 aromatic carbocycles. The summed E-state index contributed by atoms with van der Waals surface area (Å²) in [6.07, 6.45) is 0.205. The number of nitrogens with one attached hydrogen (secondary N) is 2. The number of amides is 2. The van der Waals surface area contributed by atoms with E-state index in [9.17, 15) is 14.0 Å². The molecule has 0 radical (unpaired) electrons. The fourth-order valence-corrected chi connectivity index (χ4v) is 2.78. The van der Waals surface area contributed by atoms with Gasteiger partial charge < -0.3 is 10.6 Å². The van der Waals surface area contributed by atoms with Crippen LogP contribution in [0.25, 0.3) is 0 Å². The molecule has 0 aromatic heterocycles. The largest absolute Gasteiger partial charge is 0.352 e. The van der Waals surface area contributed by atoms with Crippen molar-refractivity contribution in [3.63, 3.8) is 0 Å². The summed E-state index contributed by atoms with van der Waals surface area (Å²) in [6, 6.07) is 11.6. The summed E-state index contributed by atoms with van der Waals surface area (Å²) in [7, 11) is 0. The first-order chi connectivity index (χ1) is 11.4. The molecule has 1 heterocycles. The molecule has 2 amide bonds. The highest BCUT2D eigenvalue weighted by atomic mass is 19.1. The average molecular weight is 326 g/mol. The Balaban J connectivity index is 1.63. The maximum absolute atomic E-state index is 12.9. The second-order valence-corrected chi connectivity index (χ2v) is 6.54. The van der Waals surface area contributed by atoms with Crippen LogP contribution in [0.5, 0.6) is 0 Å². The zero-order valence-corrected chi connectivity index (χ0v) is 13.7. The lowest BCUT2D eigenvalue weighted by molar-refractivity contribution is -0.121. The van der Waals surface area contributed by atoms with Gasteiger partial charge in [0.25, 0.3) is 0 Å². The first-order valence-electron chi connectivity index (χ1n) is 7.82. The lowest BCUT2D eigenvalue weighted by Gasteiger charge is -2.16. The Labute approximate surface area is 140 Å². The minimum atomic E-state index is -0.566. The molecule has 0 aliphatic carbocycles. The van der Waals surface area contributed by atoms with E-state index in [-0.39, 0.29) is 24.1 Å². The molecule has 0 fully saturated rings. The van der Waals surface area contributed by atoms with Gasteiger partial charge in [-0.1, -0.05) is 24.3 Å². The van der Waals surface area contributed by atoms with Crippen molar-refractivity contribution in [1.29, 1.82) is 0 Å². The van der Waals surface area contributed by atoms with E-state index < -0.39 is 5.41 Å². The average Bonchev–Trinajstić information content (AvgIpc) is 2.77. The summed E-state index contributed by atoms with van der Waals surface area (Å²) >= 11 is 0. The maximum atomic E-state index is 12.9. The van der Waals surface area contributed by atoms with Crippen molar-refractivity contribution in [2.45, 2.75) is 32.2 Å². The fraction of sp³-hybridized carbons (Fsp3) is 0.263. The molecule has 1 aliphatic rings. The van der Waals surface area contributed by atoms with Crippen molar-refractivity contribution in [3.05, 3.63) is 65.0 Å². The quantitative estimate of drug-likeness (QED) is 0.907. The fourth-order valence-electron chi connectivity index (χ4n) is 2.78. The highest BCUT2D eigenvalue weighted by Gasteiger charge is 2.38. The molecule has 0 saturated heterocycles. The number of rotatable bonds is 4. The third-order valence-corrected chi connectivity index (χ3v) is 4.34. The Morgan fingerprint density at radius 3 is 2.50 bits per heavy atom. The molecule has 0 unspecified atom stereocenters. The van der Waals surface area contributed by atoms with Gasteiger partial charge in [-0.15, -0.1) is 0 Å². The summed E-state index contributed by atoms with van der Waals surface area (Å²) < 4.78 is 12.9. The summed E-state index contributed by atoms with van der Waals surface area (Å²) in [5.41, 5.74) is 2.90. The Bertz CT molecular complexity index is 798. The second kappa shape index (κ2) is 6.07. The van der Waals surface area contributed by atoms with E-state index >= 15 is 0 Å². The van der Waals surface area contributed by atoms with Crippen LogP contribution in [0.4, 0.5) is 10.1 Å². The molecule has 124 valence electrons. The summed E-state index contributed by atoms with van der Waals surface area (Å²) in [6.45, 7) is 4.15. The first kappa shape index (κ1) is 16.2. The predicted molar refractivity (Wildman–Crippen MR) is 90.0 cm³/mol. The third-order valence-electron chi connectivity index (χ3n) is 4.34. The lowest BCUT2D eigenvalue weighted by atomic mass is 9.85. The third kappa shape index (κ3) is 3.15. The van der Waals surface area contributed by atoms with Gasteiger partial charge in [0.2, 0.25) is 11.8 Å². The SMILES string of the molecule is CC1(C)C(=O)Nc2ccc(CNC(=O)Cc3ccc(F)cc3)cc21. The Morgan fingerprint density at radius 2 is 1.79 bits per heavy atom. The molecule has 0 saturated carbocycles. The van der Waals surface area contributed by atoms with Crippen LogP contribution in [0.15, 0.2) is 42.5 Å². The predicted octanol–water partition coefficient (Wildman–Crippen LogP) is 2.91. The van der Waals surface area contributed by atoms with Crippen LogP contribution >= 0.6 is 0 Å². The van der Waals surface area contributed by atoms with Crippen molar-refractivity contribution in [1.82, 2.24) is 5.32 Å². The number of halogens is 1. The smallest absolute Gasteiger partial charge is 0.234 e. The van der Waals surface area contributed by atoms with Gasteiger partial charge in [0.1, 0.15) is 5.82 Å². The molecule has 2 aromatic rings. The van der Waals surface area contributed by atoms with Gasteiger partial charge in [-0.2, -0.15) is 0 Å². The lowest BCUT2D eigenvalue weighted by Crippen LogP contribution is -2.27. The molecule has 2 N–H and O–H groups in total. The topological polar surface area (TPSA) is 58.2 Å². The number of carbonyl (C=O) groups excluding carboxylic acids is 2. The van der Waals surface area contributed by atoms with E-state index in [0.717, 1.165) is 22.4 Å². The number of benzene rings is 2. The number of fused-ring (bicyclic) bond motifs is 1. The Morgan fingerprint density at radius 1 is 1.12 bits per heavy atom. The monoisotopic (exact) mass is 326 g/mol. The highest BCUT2D eigenvalue weighted by molar-refractivity contribution is 6.05. The zero-order chi connectivity index (χ0) is 17.3. The van der Waals surface area contributed by atoms with E-state index in [0.29, 0.717) is 6.54 Å². The molecular formula is C19H19FN2O2. The van der Waals surface area contributed by atoms with Crippen molar-refractivity contribution < 1.29 is 14.0 Å². The summed E-state index contributed by atoms with van der Waals surface area (Å²) in [5, 5.41) is 5.71. The van der Waals surface area contributed by atoms with E-state index in [4.69, 9.17) is 0 Å². The molecule has 0 atom stereocenters. The maximum Gasteiger partial charge on any atom is 0.234 e. The van der Waals surface area contributed by atoms with Gasteiger partial charge in [-0.05, 0) is 48.7 Å². The van der Waals surface area contributed by atoms with Gasteiger partial charge in [-0.3, -0.25) is 9.59 Å². The summed E-state index contributed by atoms with van der Waals surface area (Å²) in [5.74, 6) is -0.464. The summed E-state index contributed by atoms with van der Waals surface area (Å²) in [4.78, 5) is 24.0. The molecule has 3 rings (SSSR count). The van der Waals surface area contributed by atoms with Gasteiger partial charge >= 0.3 is 0 Å². The van der Waals surface area contributed by atoms with Crippen LogP contribution in [0.2, 0.25) is 0 Å². The van der Waals surface area contributed by atoms with Crippen LogP contribution in [-0.2, 0) is 28.0 Å². The molecule has 5 heteroatoms. The molecule has 24 heavy (non-hydrogen) atoms. The van der Waals surface area contributed by atoms with Crippen LogP contribution in [0.3, 0.4) is 0 Å². The van der Waals surface area contributed by atoms with Crippen LogP contribution in [0.1, 0.15) is 30.5 Å². The van der Waals surface area contributed by atoms with Gasteiger partial charge in [-0.25, -0.2) is 4.39 Å². The molecule has 0 bridgehead atoms. The van der Waals surface area contributed by atoms with Crippen molar-refractivity contribution in [3.8, 4) is 0 Å². The standard InChI is InChI=1S/C19H19FN2O2/c1-19(2)15-9-13(5-8-16(15)22-18(19)24)11-21-17(23)10-12-3-6-14(20)7-4-12/h3-9H,10-11H2,1-2H3,(H,21,23)(H,22,24). The first-order valence-corrected chi connectivity index (χ1v) is 7.82. The Hall–Kier alpha value is -2.69. The van der Waals surface area contributed by atoms with E-state index in [1.54, 1.807) is 12.1 Å². The highest BCUT2D eigenvalue weighted by Crippen LogP contribution is 2.37. The van der Waals surface area contributed by atoms with Gasteiger partial charge in [0.15, 0.2) is 0 Å². The molecular weight excluding hydrogens is 307 g/mol. The molecule has 4 nitrogen and oxygen atoms in total. The second-order valence-electron chi connectivity index (χ2n) is 6.54. The normalized spacial score (nSPS) is 14.9. The van der Waals surface area contributed by atoms with Crippen molar-refractivity contribution >= 4 is 17.5 Å². The van der Waals surface area contributed by atoms with Gasteiger partial charge in [0.05, 0.1) is 11.8 Å². The number of hydrogen-bond acceptors (Lipinski definition) is 2. The Kier molecular flexibility index (Phi) is 4.09. The molecule has 0 spiro atoms.